The van der Waals surface area contributed by atoms with E-state index in [0.29, 0.717) is 12.1 Å². The molecule has 0 aromatic carbocycles. The monoisotopic (exact) mass is 305 g/mol. The van der Waals surface area contributed by atoms with Crippen molar-refractivity contribution in [3.8, 4) is 0 Å². The lowest BCUT2D eigenvalue weighted by Crippen LogP contribution is -2.37. The number of pyridine rings is 1. The summed E-state index contributed by atoms with van der Waals surface area (Å²) in [5, 5.41) is 17.6. The maximum Gasteiger partial charge on any atom is 0.319 e. The van der Waals surface area contributed by atoms with Crippen LogP contribution in [0.4, 0.5) is 10.5 Å². The van der Waals surface area contributed by atoms with Crippen LogP contribution in [-0.4, -0.2) is 22.2 Å². The van der Waals surface area contributed by atoms with Gasteiger partial charge in [-0.2, -0.15) is 0 Å². The number of carbonyl (C=O) groups is 1. The summed E-state index contributed by atoms with van der Waals surface area (Å²) in [5.41, 5.74) is 1.63. The minimum Gasteiger partial charge on any atom is -0.387 e. The Morgan fingerprint density at radius 3 is 2.95 bits per heavy atom. The fraction of sp³-hybridized carbons (Fsp3) is 0.333. The highest BCUT2D eigenvalue weighted by Crippen LogP contribution is 2.22. The topological polar surface area (TPSA) is 74.2 Å². The van der Waals surface area contributed by atoms with E-state index in [1.165, 1.54) is 11.3 Å². The molecule has 6 heteroatoms. The largest absolute Gasteiger partial charge is 0.387 e. The lowest BCUT2D eigenvalue weighted by molar-refractivity contribution is 0.158. The van der Waals surface area contributed by atoms with Gasteiger partial charge in [0.05, 0.1) is 18.0 Å². The molecule has 0 aliphatic heterocycles. The molecule has 0 unspecified atom stereocenters. The molecule has 2 amide bonds. The van der Waals surface area contributed by atoms with Gasteiger partial charge in [0.25, 0.3) is 0 Å². The number of hydrogen-bond donors (Lipinski definition) is 3. The quantitative estimate of drug-likeness (QED) is 0.794. The summed E-state index contributed by atoms with van der Waals surface area (Å²) in [5.74, 6) is 0. The average Bonchev–Trinajstić information content (AvgIpc) is 2.95. The fourth-order valence-electron chi connectivity index (χ4n) is 1.97. The van der Waals surface area contributed by atoms with Gasteiger partial charge in [0, 0.05) is 17.1 Å². The van der Waals surface area contributed by atoms with Crippen molar-refractivity contribution in [2.75, 3.05) is 5.32 Å². The third-order valence-electron chi connectivity index (χ3n) is 3.11. The summed E-state index contributed by atoms with van der Waals surface area (Å²) in [4.78, 5) is 16.8. The highest BCUT2D eigenvalue weighted by atomic mass is 32.1. The van der Waals surface area contributed by atoms with Crippen LogP contribution < -0.4 is 10.6 Å². The number of aryl methyl sites for hydroxylation is 1. The van der Waals surface area contributed by atoms with Crippen molar-refractivity contribution in [2.45, 2.75) is 32.4 Å². The number of nitrogens with one attached hydrogen (secondary N) is 2. The zero-order valence-electron chi connectivity index (χ0n) is 12.0. The van der Waals surface area contributed by atoms with Crippen molar-refractivity contribution in [1.82, 2.24) is 10.3 Å². The number of carbonyl (C=O) groups excluding carboxylic acids is 1. The second-order valence-corrected chi connectivity index (χ2v) is 5.94. The molecule has 2 aromatic heterocycles. The van der Waals surface area contributed by atoms with Gasteiger partial charge in [0.2, 0.25) is 0 Å². The summed E-state index contributed by atoms with van der Waals surface area (Å²) >= 11 is 1.51. The number of aliphatic hydroxyl groups excluding tert-OH is 1. The van der Waals surface area contributed by atoms with E-state index in [9.17, 15) is 9.90 Å². The van der Waals surface area contributed by atoms with Crippen molar-refractivity contribution >= 4 is 23.1 Å². The molecule has 3 N–H and O–H groups in total. The molecule has 0 spiro atoms. The molecular formula is C15H19N3O2S. The minimum absolute atomic E-state index is 0.140. The normalized spacial score (nSPS) is 13.5. The number of aromatic nitrogens is 1. The number of hydrogen-bond acceptors (Lipinski definition) is 4. The van der Waals surface area contributed by atoms with Gasteiger partial charge in [-0.05, 0) is 43.3 Å². The molecule has 5 nitrogen and oxygen atoms in total. The fourth-order valence-corrected chi connectivity index (χ4v) is 2.69. The number of thiophene rings is 1. The lowest BCUT2D eigenvalue weighted by atomic mass is 10.1. The molecule has 0 aliphatic rings. The highest BCUT2D eigenvalue weighted by Gasteiger charge is 2.15. The van der Waals surface area contributed by atoms with Crippen molar-refractivity contribution in [3.63, 3.8) is 0 Å². The first kappa shape index (κ1) is 15.5. The summed E-state index contributed by atoms with van der Waals surface area (Å²) in [6, 6.07) is 5.19. The van der Waals surface area contributed by atoms with E-state index in [1.54, 1.807) is 12.4 Å². The maximum atomic E-state index is 11.9. The summed E-state index contributed by atoms with van der Waals surface area (Å²) in [6.07, 6.45) is 3.21. The predicted octanol–water partition coefficient (Wildman–Crippen LogP) is 3.09. The van der Waals surface area contributed by atoms with Crippen molar-refractivity contribution in [1.29, 1.82) is 0 Å². The molecule has 21 heavy (non-hydrogen) atoms. The van der Waals surface area contributed by atoms with Crippen LogP contribution in [0.5, 0.6) is 0 Å². The third-order valence-corrected chi connectivity index (χ3v) is 4.09. The van der Waals surface area contributed by atoms with Crippen LogP contribution in [0.25, 0.3) is 0 Å². The van der Waals surface area contributed by atoms with Crippen LogP contribution in [0.3, 0.4) is 0 Å². The number of nitrogens with zero attached hydrogens (tertiary/aromatic N) is 1. The second-order valence-electron chi connectivity index (χ2n) is 4.96. The Morgan fingerprint density at radius 1 is 1.48 bits per heavy atom. The van der Waals surface area contributed by atoms with E-state index in [0.717, 1.165) is 10.4 Å². The Labute approximate surface area is 128 Å². The maximum absolute atomic E-state index is 11.9. The molecule has 2 aromatic rings. The predicted molar refractivity (Wildman–Crippen MR) is 84.5 cm³/mol. The lowest BCUT2D eigenvalue weighted by Gasteiger charge is -2.18. The van der Waals surface area contributed by atoms with Gasteiger partial charge in [-0.1, -0.05) is 6.07 Å². The van der Waals surface area contributed by atoms with E-state index in [2.05, 4.69) is 15.6 Å². The molecule has 0 radical (unpaired) electrons. The van der Waals surface area contributed by atoms with Gasteiger partial charge >= 0.3 is 6.03 Å². The Balaban J connectivity index is 1.83. The van der Waals surface area contributed by atoms with Crippen LogP contribution >= 0.6 is 11.3 Å². The number of anilines is 1. The first-order chi connectivity index (χ1) is 10.1. The standard InChI is InChI=1S/C15H19N3O2S/c1-10-5-6-16-9-12(10)18-15(20)17-11(2)8-13(19)14-4-3-7-21-14/h3-7,9,11,13,19H,8H2,1-2H3,(H2,17,18,20)/t11-,13+/m0/s1. The molecule has 2 atom stereocenters. The molecule has 0 bridgehead atoms. The SMILES string of the molecule is Cc1ccncc1NC(=O)N[C@@H](C)C[C@@H](O)c1cccs1. The Morgan fingerprint density at radius 2 is 2.29 bits per heavy atom. The third kappa shape index (κ3) is 4.54. The van der Waals surface area contributed by atoms with Gasteiger partial charge in [-0.3, -0.25) is 4.98 Å². The van der Waals surface area contributed by atoms with Crippen molar-refractivity contribution in [2.24, 2.45) is 0 Å². The van der Waals surface area contributed by atoms with Crippen LogP contribution in [0.15, 0.2) is 36.0 Å². The van der Waals surface area contributed by atoms with Crippen LogP contribution in [0, 0.1) is 6.92 Å². The van der Waals surface area contributed by atoms with Gasteiger partial charge in [0.1, 0.15) is 0 Å². The van der Waals surface area contributed by atoms with E-state index in [-0.39, 0.29) is 12.1 Å². The minimum atomic E-state index is -0.555. The summed E-state index contributed by atoms with van der Waals surface area (Å²) in [7, 11) is 0. The summed E-state index contributed by atoms with van der Waals surface area (Å²) in [6.45, 7) is 3.77. The highest BCUT2D eigenvalue weighted by molar-refractivity contribution is 7.10. The Hall–Kier alpha value is -1.92. The molecule has 0 aliphatic carbocycles. The summed E-state index contributed by atoms with van der Waals surface area (Å²) < 4.78 is 0. The second kappa shape index (κ2) is 7.19. The molecule has 0 saturated carbocycles. The van der Waals surface area contributed by atoms with E-state index >= 15 is 0 Å². The number of amides is 2. The molecule has 0 fully saturated rings. The van der Waals surface area contributed by atoms with Crippen LogP contribution in [0.2, 0.25) is 0 Å². The molecule has 0 saturated heterocycles. The first-order valence-corrected chi connectivity index (χ1v) is 7.64. The molecule has 112 valence electrons. The van der Waals surface area contributed by atoms with E-state index in [1.807, 2.05) is 37.4 Å². The first-order valence-electron chi connectivity index (χ1n) is 6.76. The van der Waals surface area contributed by atoms with Gasteiger partial charge in [-0.15, -0.1) is 11.3 Å². The molecule has 2 heterocycles. The van der Waals surface area contributed by atoms with E-state index in [4.69, 9.17) is 0 Å². The van der Waals surface area contributed by atoms with Crippen molar-refractivity contribution in [3.05, 3.63) is 46.4 Å². The van der Waals surface area contributed by atoms with Gasteiger partial charge in [0.15, 0.2) is 0 Å². The van der Waals surface area contributed by atoms with Crippen molar-refractivity contribution < 1.29 is 9.90 Å². The Bertz CT molecular complexity index is 586. The zero-order chi connectivity index (χ0) is 15.2. The van der Waals surface area contributed by atoms with Crippen LogP contribution in [0.1, 0.15) is 29.9 Å². The van der Waals surface area contributed by atoms with E-state index < -0.39 is 6.10 Å². The molecule has 2 rings (SSSR count). The number of aliphatic hydroxyl groups is 1. The number of urea groups is 1. The van der Waals surface area contributed by atoms with Gasteiger partial charge in [-0.25, -0.2) is 4.79 Å². The van der Waals surface area contributed by atoms with Gasteiger partial charge < -0.3 is 15.7 Å². The van der Waals surface area contributed by atoms with Crippen LogP contribution in [-0.2, 0) is 0 Å². The average molecular weight is 305 g/mol. The smallest absolute Gasteiger partial charge is 0.319 e. The Kier molecular flexibility index (Phi) is 5.30. The molecular weight excluding hydrogens is 286 g/mol. The zero-order valence-corrected chi connectivity index (χ0v) is 12.9. The number of rotatable bonds is 5.